The third-order valence-electron chi connectivity index (χ3n) is 4.56. The number of carbonyl (C=O) groups excluding carboxylic acids is 2. The number of aromatic nitrogens is 1. The Labute approximate surface area is 182 Å². The summed E-state index contributed by atoms with van der Waals surface area (Å²) in [4.78, 5) is 28.6. The Morgan fingerprint density at radius 2 is 2.00 bits per heavy atom. The van der Waals surface area contributed by atoms with Gasteiger partial charge in [-0.25, -0.2) is 4.99 Å². The summed E-state index contributed by atoms with van der Waals surface area (Å²) in [5, 5.41) is 23.8. The molecule has 2 heterocycles. The van der Waals surface area contributed by atoms with E-state index in [1.807, 2.05) is 6.07 Å². The maximum absolute atomic E-state index is 12.5. The summed E-state index contributed by atoms with van der Waals surface area (Å²) in [6.07, 6.45) is 0.0804. The summed E-state index contributed by atoms with van der Waals surface area (Å²) in [6.45, 7) is 0. The molecule has 0 bridgehead atoms. The summed E-state index contributed by atoms with van der Waals surface area (Å²) in [6, 6.07) is 12.9. The van der Waals surface area contributed by atoms with Crippen molar-refractivity contribution in [1.29, 1.82) is 0 Å². The van der Waals surface area contributed by atoms with Crippen LogP contribution in [0.15, 0.2) is 58.0 Å². The Hall–Kier alpha value is -2.62. The second-order valence-electron chi connectivity index (χ2n) is 6.37. The zero-order chi connectivity index (χ0) is 20.7. The number of amides is 1. The summed E-state index contributed by atoms with van der Waals surface area (Å²) < 4.78 is 2.01. The lowest BCUT2D eigenvalue weighted by Gasteiger charge is -2.20. The molecular formula is C20H12BrN2O4S2-. The molecule has 0 saturated heterocycles. The minimum atomic E-state index is -1.37. The number of rotatable bonds is 5. The number of aromatic hydroxyl groups is 1. The van der Waals surface area contributed by atoms with Crippen molar-refractivity contribution < 1.29 is 19.8 Å². The van der Waals surface area contributed by atoms with Crippen molar-refractivity contribution in [3.8, 4) is 5.88 Å². The molecule has 0 fully saturated rings. The van der Waals surface area contributed by atoms with Crippen molar-refractivity contribution in [1.82, 2.24) is 4.57 Å². The number of aliphatic carboxylic acids is 1. The van der Waals surface area contributed by atoms with Crippen LogP contribution in [0.1, 0.15) is 16.5 Å². The molecule has 1 aromatic heterocycles. The van der Waals surface area contributed by atoms with Gasteiger partial charge in [-0.15, -0.1) is 11.3 Å². The Morgan fingerprint density at radius 3 is 2.69 bits per heavy atom. The van der Waals surface area contributed by atoms with Gasteiger partial charge in [0.25, 0.3) is 5.91 Å². The molecule has 0 saturated carbocycles. The van der Waals surface area contributed by atoms with E-state index in [0.29, 0.717) is 10.6 Å². The third kappa shape index (κ3) is 3.57. The first kappa shape index (κ1) is 19.7. The van der Waals surface area contributed by atoms with Gasteiger partial charge in [-0.3, -0.25) is 9.36 Å². The molecule has 1 unspecified atom stereocenters. The predicted molar refractivity (Wildman–Crippen MR) is 111 cm³/mol. The lowest BCUT2D eigenvalue weighted by atomic mass is 10.1. The van der Waals surface area contributed by atoms with Crippen molar-refractivity contribution in [2.75, 3.05) is 0 Å². The van der Waals surface area contributed by atoms with Crippen molar-refractivity contribution >= 4 is 56.9 Å². The highest BCUT2D eigenvalue weighted by Crippen LogP contribution is 2.35. The van der Waals surface area contributed by atoms with Crippen molar-refractivity contribution in [3.05, 3.63) is 78.0 Å². The number of carboxylic acids is 1. The quantitative estimate of drug-likeness (QED) is 0.552. The summed E-state index contributed by atoms with van der Waals surface area (Å²) in [7, 11) is 0. The second kappa shape index (κ2) is 7.66. The van der Waals surface area contributed by atoms with Crippen molar-refractivity contribution in [2.45, 2.75) is 12.5 Å². The molecule has 146 valence electrons. The van der Waals surface area contributed by atoms with Crippen LogP contribution in [-0.4, -0.2) is 21.6 Å². The normalized spacial score (nSPS) is 13.8. The molecule has 1 aliphatic heterocycles. The van der Waals surface area contributed by atoms with Crippen LogP contribution in [-0.2, 0) is 16.0 Å². The highest BCUT2D eigenvalue weighted by Gasteiger charge is 2.28. The lowest BCUT2D eigenvalue weighted by Crippen LogP contribution is -2.34. The number of benzene rings is 2. The third-order valence-corrected chi connectivity index (χ3v) is 6.47. The van der Waals surface area contributed by atoms with E-state index in [1.165, 1.54) is 0 Å². The number of halogens is 1. The van der Waals surface area contributed by atoms with Gasteiger partial charge in [0.1, 0.15) is 4.88 Å². The lowest BCUT2D eigenvalue weighted by molar-refractivity contribution is -0.310. The molecule has 3 aromatic rings. The van der Waals surface area contributed by atoms with Crippen LogP contribution >= 0.6 is 39.5 Å². The number of fused-ring (bicyclic) bond motifs is 1. The molecular weight excluding hydrogens is 476 g/mol. The van der Waals surface area contributed by atoms with Crippen LogP contribution in [0, 0.1) is 3.95 Å². The van der Waals surface area contributed by atoms with Crippen molar-refractivity contribution in [2.24, 2.45) is 4.99 Å². The van der Waals surface area contributed by atoms with Gasteiger partial charge in [0.05, 0.1) is 22.9 Å². The Morgan fingerprint density at radius 1 is 1.28 bits per heavy atom. The minimum Gasteiger partial charge on any atom is -0.548 e. The Kier molecular flexibility index (Phi) is 5.20. The van der Waals surface area contributed by atoms with Crippen LogP contribution in [0.5, 0.6) is 5.88 Å². The molecule has 0 radical (unpaired) electrons. The summed E-state index contributed by atoms with van der Waals surface area (Å²) >= 11 is 9.67. The van der Waals surface area contributed by atoms with Gasteiger partial charge in [0.15, 0.2) is 3.95 Å². The molecule has 0 spiro atoms. The smallest absolute Gasteiger partial charge is 0.279 e. The van der Waals surface area contributed by atoms with Crippen LogP contribution in [0.25, 0.3) is 5.57 Å². The summed E-state index contributed by atoms with van der Waals surface area (Å²) in [5.41, 5.74) is 0.954. The van der Waals surface area contributed by atoms with Gasteiger partial charge >= 0.3 is 0 Å². The SMILES string of the molecule is O=C1N=c2ccc(Br)cc2=C1c1sc(=S)n(C(Cc2ccccc2)C(=O)[O-])c1O. The molecule has 1 aliphatic rings. The molecule has 9 heteroatoms. The molecule has 2 aromatic carbocycles. The number of carbonyl (C=O) groups is 2. The highest BCUT2D eigenvalue weighted by molar-refractivity contribution is 9.10. The van der Waals surface area contributed by atoms with Crippen molar-refractivity contribution in [3.63, 3.8) is 0 Å². The van der Waals surface area contributed by atoms with E-state index in [-0.39, 0.29) is 26.7 Å². The molecule has 1 N–H and O–H groups in total. The fraction of sp³-hybridized carbons (Fsp3) is 0.100. The largest absolute Gasteiger partial charge is 0.548 e. The van der Waals surface area contributed by atoms with Crippen LogP contribution in [0.2, 0.25) is 0 Å². The topological polar surface area (TPSA) is 94.7 Å². The first-order valence-electron chi connectivity index (χ1n) is 8.49. The van der Waals surface area contributed by atoms with Crippen LogP contribution < -0.4 is 15.7 Å². The molecule has 0 aliphatic carbocycles. The molecule has 6 nitrogen and oxygen atoms in total. The van der Waals surface area contributed by atoms with Gasteiger partial charge in [-0.1, -0.05) is 46.3 Å². The van der Waals surface area contributed by atoms with E-state index >= 15 is 0 Å². The van der Waals surface area contributed by atoms with Gasteiger partial charge in [0.2, 0.25) is 5.88 Å². The fourth-order valence-electron chi connectivity index (χ4n) is 3.24. The number of thiazole rings is 1. The maximum atomic E-state index is 12.5. The summed E-state index contributed by atoms with van der Waals surface area (Å²) in [5.74, 6) is -2.26. The van der Waals surface area contributed by atoms with E-state index in [9.17, 15) is 19.8 Å². The first-order chi connectivity index (χ1) is 13.9. The van der Waals surface area contributed by atoms with Gasteiger partial charge in [0, 0.05) is 9.69 Å². The van der Waals surface area contributed by atoms with Crippen LogP contribution in [0.4, 0.5) is 0 Å². The minimum absolute atomic E-state index is 0.0804. The average molecular weight is 488 g/mol. The zero-order valence-electron chi connectivity index (χ0n) is 14.7. The fourth-order valence-corrected chi connectivity index (χ4v) is 5.04. The average Bonchev–Trinajstić information content (AvgIpc) is 3.15. The van der Waals surface area contributed by atoms with Crippen LogP contribution in [0.3, 0.4) is 0 Å². The molecule has 29 heavy (non-hydrogen) atoms. The monoisotopic (exact) mass is 487 g/mol. The molecule has 1 atom stereocenters. The first-order valence-corrected chi connectivity index (χ1v) is 10.5. The highest BCUT2D eigenvalue weighted by atomic mass is 79.9. The molecule has 4 rings (SSSR count). The predicted octanol–water partition coefficient (Wildman–Crippen LogP) is 1.64. The standard InChI is InChI=1S/C20H13BrN2O4S2/c21-11-6-7-13-12(9-11)15(17(24)22-13)16-18(25)23(20(28)29-16)14(19(26)27)8-10-4-2-1-3-5-10/h1-7,9,14,25H,8H2,(H,26,27)/p-1. The number of nitrogens with zero attached hydrogens (tertiary/aromatic N) is 2. The zero-order valence-corrected chi connectivity index (χ0v) is 17.9. The molecule has 1 amide bonds. The number of carboxylic acid groups (broad SMARTS) is 1. The van der Waals surface area contributed by atoms with Gasteiger partial charge in [-0.2, -0.15) is 0 Å². The van der Waals surface area contributed by atoms with E-state index in [2.05, 4.69) is 20.9 Å². The van der Waals surface area contributed by atoms with E-state index in [0.717, 1.165) is 25.9 Å². The Bertz CT molecular complexity index is 1330. The Balaban J connectivity index is 1.88. The number of hydrogen-bond donors (Lipinski definition) is 1. The van der Waals surface area contributed by atoms with E-state index < -0.39 is 17.9 Å². The van der Waals surface area contributed by atoms with Gasteiger partial charge in [-0.05, 0) is 42.4 Å². The van der Waals surface area contributed by atoms with E-state index in [4.69, 9.17) is 12.2 Å². The van der Waals surface area contributed by atoms with E-state index in [1.54, 1.807) is 42.5 Å². The maximum Gasteiger partial charge on any atom is 0.279 e. The second-order valence-corrected chi connectivity index (χ2v) is 8.93. The number of hydrogen-bond acceptors (Lipinski definition) is 6. The van der Waals surface area contributed by atoms with Gasteiger partial charge < -0.3 is 15.0 Å².